The van der Waals surface area contributed by atoms with Crippen LogP contribution in [0.1, 0.15) is 63.0 Å². The Morgan fingerprint density at radius 1 is 1.04 bits per heavy atom. The lowest BCUT2D eigenvalue weighted by atomic mass is 9.78. The summed E-state index contributed by atoms with van der Waals surface area (Å²) in [6.07, 6.45) is 0. The number of amides is 1. The van der Waals surface area contributed by atoms with Gasteiger partial charge in [0, 0.05) is 18.2 Å². The van der Waals surface area contributed by atoms with Crippen LogP contribution in [0.3, 0.4) is 0 Å². The number of phenolic OH excluding ortho intramolecular Hbond substituents is 1. The summed E-state index contributed by atoms with van der Waals surface area (Å²) in [5.41, 5.74) is 1.03. The maximum atomic E-state index is 12.3. The summed E-state index contributed by atoms with van der Waals surface area (Å²) in [5.74, 6) is -0.748. The van der Waals surface area contributed by atoms with E-state index in [9.17, 15) is 14.7 Å². The molecule has 0 aliphatic heterocycles. The number of carbonyl (C=O) groups is 2. The van der Waals surface area contributed by atoms with Crippen molar-refractivity contribution < 1.29 is 19.4 Å². The molecule has 0 aliphatic carbocycles. The second-order valence-electron chi connectivity index (χ2n) is 7.67. The average Bonchev–Trinajstić information content (AvgIpc) is 2.41. The van der Waals surface area contributed by atoms with Crippen LogP contribution in [-0.4, -0.2) is 30.6 Å². The SMILES string of the molecule is CNC(=O)COC(=O)c1cc(C(C)(C)C)c(O)c(C(C)(C)C)c1. The van der Waals surface area contributed by atoms with Crippen LogP contribution in [0.4, 0.5) is 0 Å². The highest BCUT2D eigenvalue weighted by Gasteiger charge is 2.28. The third-order valence-electron chi connectivity index (χ3n) is 3.57. The number of hydrogen-bond acceptors (Lipinski definition) is 4. The largest absolute Gasteiger partial charge is 0.507 e. The van der Waals surface area contributed by atoms with E-state index in [2.05, 4.69) is 5.32 Å². The first-order valence-corrected chi connectivity index (χ1v) is 7.63. The van der Waals surface area contributed by atoms with Gasteiger partial charge in [-0.3, -0.25) is 4.79 Å². The average molecular weight is 321 g/mol. The van der Waals surface area contributed by atoms with E-state index in [-0.39, 0.29) is 29.1 Å². The lowest BCUT2D eigenvalue weighted by Crippen LogP contribution is -2.25. The molecule has 0 heterocycles. The van der Waals surface area contributed by atoms with Crippen LogP contribution in [0.2, 0.25) is 0 Å². The van der Waals surface area contributed by atoms with Gasteiger partial charge in [0.25, 0.3) is 5.91 Å². The first-order valence-electron chi connectivity index (χ1n) is 7.63. The fourth-order valence-electron chi connectivity index (χ4n) is 2.18. The van der Waals surface area contributed by atoms with Gasteiger partial charge in [0.15, 0.2) is 6.61 Å². The predicted octanol–water partition coefficient (Wildman–Crippen LogP) is 2.89. The molecule has 5 heteroatoms. The number of esters is 1. The number of hydrogen-bond donors (Lipinski definition) is 2. The van der Waals surface area contributed by atoms with Crippen LogP contribution in [0.25, 0.3) is 0 Å². The Kier molecular flexibility index (Phi) is 5.46. The number of likely N-dealkylation sites (N-methyl/N-ethyl adjacent to an activating group) is 1. The number of aromatic hydroxyl groups is 1. The van der Waals surface area contributed by atoms with E-state index < -0.39 is 5.97 Å². The molecule has 128 valence electrons. The number of ether oxygens (including phenoxy) is 1. The molecule has 1 amide bonds. The highest BCUT2D eigenvalue weighted by molar-refractivity contribution is 5.92. The van der Waals surface area contributed by atoms with Gasteiger partial charge in [0.05, 0.1) is 5.56 Å². The molecule has 0 bridgehead atoms. The van der Waals surface area contributed by atoms with Gasteiger partial charge in [-0.15, -0.1) is 0 Å². The van der Waals surface area contributed by atoms with Gasteiger partial charge in [-0.2, -0.15) is 0 Å². The van der Waals surface area contributed by atoms with Crippen LogP contribution in [0.5, 0.6) is 5.75 Å². The smallest absolute Gasteiger partial charge is 0.338 e. The van der Waals surface area contributed by atoms with E-state index in [4.69, 9.17) is 4.74 Å². The van der Waals surface area contributed by atoms with E-state index in [1.54, 1.807) is 12.1 Å². The van der Waals surface area contributed by atoms with E-state index >= 15 is 0 Å². The van der Waals surface area contributed by atoms with Gasteiger partial charge in [-0.25, -0.2) is 4.79 Å². The predicted molar refractivity (Wildman–Crippen MR) is 89.9 cm³/mol. The molecule has 0 fully saturated rings. The molecular weight excluding hydrogens is 294 g/mol. The van der Waals surface area contributed by atoms with Gasteiger partial charge < -0.3 is 15.2 Å². The molecule has 1 aromatic carbocycles. The zero-order valence-electron chi connectivity index (χ0n) is 15.0. The molecule has 0 aliphatic rings. The Hall–Kier alpha value is -2.04. The molecule has 0 saturated carbocycles. The van der Waals surface area contributed by atoms with Crippen molar-refractivity contribution >= 4 is 11.9 Å². The zero-order valence-corrected chi connectivity index (χ0v) is 15.0. The highest BCUT2D eigenvalue weighted by Crippen LogP contribution is 2.39. The molecular formula is C18H27NO4. The summed E-state index contributed by atoms with van der Waals surface area (Å²) in [6, 6.07) is 3.27. The van der Waals surface area contributed by atoms with Crippen LogP contribution < -0.4 is 5.32 Å². The van der Waals surface area contributed by atoms with Crippen molar-refractivity contribution in [3.05, 3.63) is 28.8 Å². The molecule has 5 nitrogen and oxygen atoms in total. The Balaban J connectivity index is 3.33. The lowest BCUT2D eigenvalue weighted by Gasteiger charge is -2.27. The van der Waals surface area contributed by atoms with Crippen molar-refractivity contribution in [1.82, 2.24) is 5.32 Å². The van der Waals surface area contributed by atoms with Gasteiger partial charge in [0.1, 0.15) is 5.75 Å². The molecule has 2 N–H and O–H groups in total. The Bertz CT molecular complexity index is 571. The summed E-state index contributed by atoms with van der Waals surface area (Å²) in [4.78, 5) is 23.5. The summed E-state index contributed by atoms with van der Waals surface area (Å²) < 4.78 is 5.02. The van der Waals surface area contributed by atoms with Crippen LogP contribution in [0.15, 0.2) is 12.1 Å². The van der Waals surface area contributed by atoms with Gasteiger partial charge in [-0.1, -0.05) is 41.5 Å². The Morgan fingerprint density at radius 2 is 1.48 bits per heavy atom. The molecule has 0 spiro atoms. The quantitative estimate of drug-likeness (QED) is 0.839. The second-order valence-corrected chi connectivity index (χ2v) is 7.67. The highest BCUT2D eigenvalue weighted by atomic mass is 16.5. The summed E-state index contributed by atoms with van der Waals surface area (Å²) in [5, 5.41) is 13.0. The van der Waals surface area contributed by atoms with Crippen LogP contribution in [-0.2, 0) is 20.4 Å². The maximum Gasteiger partial charge on any atom is 0.338 e. The molecule has 0 radical (unpaired) electrons. The van der Waals surface area contributed by atoms with Crippen molar-refractivity contribution in [3.63, 3.8) is 0 Å². The number of rotatable bonds is 3. The van der Waals surface area contributed by atoms with Crippen molar-refractivity contribution in [2.45, 2.75) is 52.4 Å². The number of benzene rings is 1. The summed E-state index contributed by atoms with van der Waals surface area (Å²) in [6.45, 7) is 11.5. The van der Waals surface area contributed by atoms with E-state index in [1.165, 1.54) is 7.05 Å². The second kappa shape index (κ2) is 6.60. The van der Waals surface area contributed by atoms with E-state index in [0.29, 0.717) is 16.7 Å². The molecule has 0 aromatic heterocycles. The zero-order chi connectivity index (χ0) is 18.0. The van der Waals surface area contributed by atoms with Crippen molar-refractivity contribution in [1.29, 1.82) is 0 Å². The maximum absolute atomic E-state index is 12.3. The topological polar surface area (TPSA) is 75.6 Å². The molecule has 1 rings (SSSR count). The third kappa shape index (κ3) is 4.71. The molecule has 1 aromatic rings. The minimum atomic E-state index is -0.579. The van der Waals surface area contributed by atoms with E-state index in [1.807, 2.05) is 41.5 Å². The number of phenols is 1. The Labute approximate surface area is 138 Å². The third-order valence-corrected chi connectivity index (χ3v) is 3.57. The normalized spacial score (nSPS) is 12.0. The molecule has 23 heavy (non-hydrogen) atoms. The monoisotopic (exact) mass is 321 g/mol. The van der Waals surface area contributed by atoms with Gasteiger partial charge in [-0.05, 0) is 23.0 Å². The lowest BCUT2D eigenvalue weighted by molar-refractivity contribution is -0.123. The van der Waals surface area contributed by atoms with Crippen LogP contribution in [0, 0.1) is 0 Å². The van der Waals surface area contributed by atoms with Gasteiger partial charge in [0.2, 0.25) is 0 Å². The first kappa shape index (κ1) is 19.0. The first-order chi connectivity index (χ1) is 10.4. The molecule has 0 atom stereocenters. The minimum Gasteiger partial charge on any atom is -0.507 e. The number of nitrogens with one attached hydrogen (secondary N) is 1. The fraction of sp³-hybridized carbons (Fsp3) is 0.556. The van der Waals surface area contributed by atoms with Crippen molar-refractivity contribution in [3.8, 4) is 5.75 Å². The molecule has 0 saturated heterocycles. The summed E-state index contributed by atoms with van der Waals surface area (Å²) >= 11 is 0. The molecule has 0 unspecified atom stereocenters. The van der Waals surface area contributed by atoms with E-state index in [0.717, 1.165) is 0 Å². The minimum absolute atomic E-state index is 0.202. The van der Waals surface area contributed by atoms with Gasteiger partial charge >= 0.3 is 5.97 Å². The Morgan fingerprint density at radius 3 is 1.83 bits per heavy atom. The summed E-state index contributed by atoms with van der Waals surface area (Å²) in [7, 11) is 1.48. The standard InChI is InChI=1S/C18H27NO4/c1-17(2,3)12-8-11(16(22)23-10-14(20)19-7)9-13(15(12)21)18(4,5)6/h8-9,21H,10H2,1-7H3,(H,19,20). The van der Waals surface area contributed by atoms with Crippen LogP contribution >= 0.6 is 0 Å². The number of carbonyl (C=O) groups excluding carboxylic acids is 2. The van der Waals surface area contributed by atoms with Crippen molar-refractivity contribution in [2.75, 3.05) is 13.7 Å². The fourth-order valence-corrected chi connectivity index (χ4v) is 2.18. The van der Waals surface area contributed by atoms with Crippen molar-refractivity contribution in [2.24, 2.45) is 0 Å².